The van der Waals surface area contributed by atoms with Gasteiger partial charge in [-0.2, -0.15) is 0 Å². The monoisotopic (exact) mass is 420 g/mol. The van der Waals surface area contributed by atoms with Crippen LogP contribution in [0.3, 0.4) is 0 Å². The second kappa shape index (κ2) is 8.75. The lowest BCUT2D eigenvalue weighted by molar-refractivity contribution is -0.0893. The minimum Gasteiger partial charge on any atom is -0.427 e. The first-order valence-electron chi connectivity index (χ1n) is 10.2. The average molecular weight is 420 g/mol. The Kier molecular flexibility index (Phi) is 7.20. The van der Waals surface area contributed by atoms with Crippen molar-refractivity contribution >= 4 is 37.9 Å². The maximum atomic E-state index is 10.4. The summed E-state index contributed by atoms with van der Waals surface area (Å²) in [6, 6.07) is 1.12. The fourth-order valence-electron chi connectivity index (χ4n) is 2.71. The number of anilines is 1. The van der Waals surface area contributed by atoms with Gasteiger partial charge in [-0.25, -0.2) is 9.97 Å². The average Bonchev–Trinajstić information content (AvgIpc) is 2.93. The van der Waals surface area contributed by atoms with E-state index in [0.717, 1.165) is 35.0 Å². The van der Waals surface area contributed by atoms with Crippen molar-refractivity contribution in [3.8, 4) is 0 Å². The van der Waals surface area contributed by atoms with Crippen molar-refractivity contribution in [3.05, 3.63) is 12.5 Å². The van der Waals surface area contributed by atoms with E-state index in [1.165, 1.54) is 0 Å². The zero-order chi connectivity index (χ0) is 22.0. The molecule has 0 amide bonds. The Morgan fingerprint density at radius 3 is 2.38 bits per heavy atom. The van der Waals surface area contributed by atoms with Crippen LogP contribution < -0.4 is 10.4 Å². The van der Waals surface area contributed by atoms with E-state index in [9.17, 15) is 5.11 Å². The fraction of sp³-hybridized carbons (Fsp3) is 0.700. The van der Waals surface area contributed by atoms with Gasteiger partial charge in [0, 0.05) is 35.0 Å². The Morgan fingerprint density at radius 1 is 1.17 bits per heavy atom. The Labute approximate surface area is 176 Å². The maximum absolute atomic E-state index is 10.4. The summed E-state index contributed by atoms with van der Waals surface area (Å²) in [5.74, 6) is 0.843. The van der Waals surface area contributed by atoms with Gasteiger partial charge in [-0.3, -0.25) is 0 Å². The number of ether oxygens (including phenoxy) is 1. The molecule has 29 heavy (non-hydrogen) atoms. The lowest BCUT2D eigenvalue weighted by Crippen LogP contribution is -2.49. The van der Waals surface area contributed by atoms with Gasteiger partial charge in [-0.1, -0.05) is 19.6 Å². The lowest BCUT2D eigenvalue weighted by atomic mass is 9.82. The summed E-state index contributed by atoms with van der Waals surface area (Å²) in [5, 5.41) is 11.4. The van der Waals surface area contributed by atoms with Gasteiger partial charge in [0.05, 0.1) is 16.6 Å². The van der Waals surface area contributed by atoms with Crippen molar-refractivity contribution in [2.75, 3.05) is 25.6 Å². The lowest BCUT2D eigenvalue weighted by Gasteiger charge is -2.37. The van der Waals surface area contributed by atoms with Crippen LogP contribution in [0, 0.1) is 0 Å². The number of nitrogens with zero attached hydrogens (tertiary/aromatic N) is 4. The summed E-state index contributed by atoms with van der Waals surface area (Å²) >= 11 is 0. The van der Waals surface area contributed by atoms with Gasteiger partial charge in [0.25, 0.3) is 0 Å². The standard InChI is InChI=1S/C20H37BN4O3Si/c1-19(2,26)20(3,4)28-21-15-12-25(14-27-10-11-29(7,8)9)18-16(15)17(24(5)6)22-13-23-18/h12-13,21,26H,10-11,14H2,1-9H3. The second-order valence-electron chi connectivity index (χ2n) is 10.1. The van der Waals surface area contributed by atoms with Crippen molar-refractivity contribution in [3.63, 3.8) is 0 Å². The Bertz CT molecular complexity index is 825. The molecule has 0 fully saturated rings. The summed E-state index contributed by atoms with van der Waals surface area (Å²) in [6.45, 7) is 15.5. The number of rotatable bonds is 10. The van der Waals surface area contributed by atoms with Gasteiger partial charge in [-0.15, -0.1) is 0 Å². The van der Waals surface area contributed by atoms with E-state index in [1.807, 2.05) is 43.6 Å². The highest BCUT2D eigenvalue weighted by Crippen LogP contribution is 2.26. The first kappa shape index (κ1) is 23.9. The summed E-state index contributed by atoms with van der Waals surface area (Å²) in [5.41, 5.74) is 0.141. The van der Waals surface area contributed by atoms with E-state index in [0.29, 0.717) is 14.2 Å². The van der Waals surface area contributed by atoms with E-state index in [2.05, 4.69) is 29.6 Å². The molecule has 162 valence electrons. The van der Waals surface area contributed by atoms with Crippen LogP contribution in [0.5, 0.6) is 0 Å². The van der Waals surface area contributed by atoms with Crippen LogP contribution in [-0.2, 0) is 16.1 Å². The summed E-state index contributed by atoms with van der Waals surface area (Å²) < 4.78 is 14.1. The van der Waals surface area contributed by atoms with Crippen molar-refractivity contribution in [1.82, 2.24) is 14.5 Å². The molecule has 0 aromatic carbocycles. The quantitative estimate of drug-likeness (QED) is 0.470. The normalized spacial score (nSPS) is 13.2. The first-order chi connectivity index (χ1) is 13.2. The summed E-state index contributed by atoms with van der Waals surface area (Å²) in [6.07, 6.45) is 3.61. The molecule has 2 aromatic heterocycles. The topological polar surface area (TPSA) is 72.6 Å². The Morgan fingerprint density at radius 2 is 1.83 bits per heavy atom. The van der Waals surface area contributed by atoms with E-state index >= 15 is 0 Å². The summed E-state index contributed by atoms with van der Waals surface area (Å²) in [4.78, 5) is 11.0. The molecule has 0 aliphatic rings. The van der Waals surface area contributed by atoms with Crippen LogP contribution >= 0.6 is 0 Å². The molecule has 1 N–H and O–H groups in total. The van der Waals surface area contributed by atoms with E-state index in [1.54, 1.807) is 20.2 Å². The number of aromatic nitrogens is 3. The molecule has 0 radical (unpaired) electrons. The van der Waals surface area contributed by atoms with Gasteiger partial charge in [0.15, 0.2) is 0 Å². The number of fused-ring (bicyclic) bond motifs is 1. The van der Waals surface area contributed by atoms with Crippen molar-refractivity contribution in [2.45, 2.75) is 71.3 Å². The maximum Gasteiger partial charge on any atom is 0.311 e. The molecular formula is C20H37BN4O3Si. The molecule has 0 spiro atoms. The Balaban J connectivity index is 2.31. The number of hydrogen-bond donors (Lipinski definition) is 1. The highest BCUT2D eigenvalue weighted by molar-refractivity contribution is 6.76. The van der Waals surface area contributed by atoms with Gasteiger partial charge in [0.2, 0.25) is 0 Å². The molecule has 9 heteroatoms. The number of aliphatic hydroxyl groups is 1. The van der Waals surface area contributed by atoms with Gasteiger partial charge in [-0.05, 0) is 39.2 Å². The third-order valence-corrected chi connectivity index (χ3v) is 7.13. The van der Waals surface area contributed by atoms with Crippen LogP contribution in [-0.4, -0.2) is 67.1 Å². The van der Waals surface area contributed by atoms with Crippen LogP contribution in [0.1, 0.15) is 27.7 Å². The van der Waals surface area contributed by atoms with E-state index in [4.69, 9.17) is 9.39 Å². The van der Waals surface area contributed by atoms with Crippen LogP contribution in [0.4, 0.5) is 5.82 Å². The van der Waals surface area contributed by atoms with Gasteiger partial charge < -0.3 is 24.0 Å². The van der Waals surface area contributed by atoms with Gasteiger partial charge >= 0.3 is 7.48 Å². The minimum atomic E-state index is -1.13. The van der Waals surface area contributed by atoms with E-state index in [-0.39, 0.29) is 0 Å². The fourth-order valence-corrected chi connectivity index (χ4v) is 3.47. The minimum absolute atomic E-state index is 0.351. The van der Waals surface area contributed by atoms with Crippen LogP contribution in [0.2, 0.25) is 25.7 Å². The predicted molar refractivity (Wildman–Crippen MR) is 124 cm³/mol. The molecule has 0 aliphatic carbocycles. The number of hydrogen-bond acceptors (Lipinski definition) is 6. The van der Waals surface area contributed by atoms with Crippen LogP contribution in [0.15, 0.2) is 12.5 Å². The third kappa shape index (κ3) is 6.04. The van der Waals surface area contributed by atoms with Crippen molar-refractivity contribution < 1.29 is 14.5 Å². The smallest absolute Gasteiger partial charge is 0.311 e. The molecule has 2 heterocycles. The summed E-state index contributed by atoms with van der Waals surface area (Å²) in [7, 11) is 3.16. The SMILES string of the molecule is CN(C)c1ncnc2c1c(BOC(C)(C)C(C)(C)O)cn2COCC[Si](C)(C)C. The molecule has 7 nitrogen and oxygen atoms in total. The zero-order valence-corrected chi connectivity index (χ0v) is 20.5. The largest absolute Gasteiger partial charge is 0.427 e. The zero-order valence-electron chi connectivity index (χ0n) is 19.5. The molecular weight excluding hydrogens is 383 g/mol. The molecule has 0 atom stereocenters. The molecule has 0 saturated heterocycles. The van der Waals surface area contributed by atoms with Gasteiger partial charge in [0.1, 0.15) is 24.5 Å². The highest BCUT2D eigenvalue weighted by atomic mass is 28.3. The Hall–Kier alpha value is -1.42. The van der Waals surface area contributed by atoms with Crippen LogP contribution in [0.25, 0.3) is 11.0 Å². The first-order valence-corrected chi connectivity index (χ1v) is 13.9. The molecule has 2 aromatic rings. The van der Waals surface area contributed by atoms with E-state index < -0.39 is 19.3 Å². The second-order valence-corrected chi connectivity index (χ2v) is 15.7. The molecule has 0 saturated carbocycles. The molecule has 2 rings (SSSR count). The van der Waals surface area contributed by atoms with Crippen molar-refractivity contribution in [1.29, 1.82) is 0 Å². The molecule has 0 aliphatic heterocycles. The van der Waals surface area contributed by atoms with Crippen molar-refractivity contribution in [2.24, 2.45) is 0 Å². The molecule has 0 bridgehead atoms. The molecule has 0 unspecified atom stereocenters. The predicted octanol–water partition coefficient (Wildman–Crippen LogP) is 2.35. The third-order valence-electron chi connectivity index (χ3n) is 5.42. The highest BCUT2D eigenvalue weighted by Gasteiger charge is 2.36.